The number of amides is 1. The van der Waals surface area contributed by atoms with Crippen molar-refractivity contribution < 1.29 is 9.53 Å². The second kappa shape index (κ2) is 7.32. The highest BCUT2D eigenvalue weighted by Crippen LogP contribution is 2.22. The zero-order valence-corrected chi connectivity index (χ0v) is 14.0. The Kier molecular flexibility index (Phi) is 4.96. The van der Waals surface area contributed by atoms with Gasteiger partial charge in [0, 0.05) is 36.8 Å². The first kappa shape index (κ1) is 16.3. The lowest BCUT2D eigenvalue weighted by atomic mass is 10.1. The number of benzene rings is 2. The molecule has 0 aliphatic rings. The molecule has 0 bridgehead atoms. The van der Waals surface area contributed by atoms with E-state index >= 15 is 0 Å². The second-order valence-electron chi connectivity index (χ2n) is 6.00. The lowest BCUT2D eigenvalue weighted by molar-refractivity contribution is 0.0907. The highest BCUT2D eigenvalue weighted by Gasteiger charge is 2.16. The summed E-state index contributed by atoms with van der Waals surface area (Å²) in [6.07, 6.45) is 1.94. The summed E-state index contributed by atoms with van der Waals surface area (Å²) in [5.74, 6) is -0.0671. The van der Waals surface area contributed by atoms with Crippen LogP contribution < -0.4 is 5.32 Å². The third kappa shape index (κ3) is 3.49. The molecule has 3 aromatic rings. The summed E-state index contributed by atoms with van der Waals surface area (Å²) in [4.78, 5) is 12.6. The quantitative estimate of drug-likeness (QED) is 0.755. The number of methoxy groups -OCH3 is 1. The van der Waals surface area contributed by atoms with Crippen molar-refractivity contribution in [2.24, 2.45) is 0 Å². The van der Waals surface area contributed by atoms with Crippen LogP contribution in [0.1, 0.15) is 22.8 Å². The fraction of sp³-hybridized carbons (Fsp3) is 0.250. The van der Waals surface area contributed by atoms with E-state index < -0.39 is 0 Å². The number of rotatable bonds is 6. The maximum absolute atomic E-state index is 12.6. The van der Waals surface area contributed by atoms with E-state index in [0.29, 0.717) is 12.2 Å². The van der Waals surface area contributed by atoms with Crippen LogP contribution in [0, 0.1) is 0 Å². The Morgan fingerprint density at radius 3 is 2.58 bits per heavy atom. The van der Waals surface area contributed by atoms with Gasteiger partial charge in [-0.05, 0) is 18.6 Å². The zero-order valence-electron chi connectivity index (χ0n) is 14.0. The first-order valence-corrected chi connectivity index (χ1v) is 8.10. The van der Waals surface area contributed by atoms with Gasteiger partial charge in [-0.1, -0.05) is 48.5 Å². The molecular weight excluding hydrogens is 300 g/mol. The fourth-order valence-electron chi connectivity index (χ4n) is 2.93. The minimum absolute atomic E-state index is 0.0289. The van der Waals surface area contributed by atoms with Crippen molar-refractivity contribution in [2.45, 2.75) is 19.5 Å². The van der Waals surface area contributed by atoms with Gasteiger partial charge >= 0.3 is 0 Å². The summed E-state index contributed by atoms with van der Waals surface area (Å²) < 4.78 is 7.22. The predicted octanol–water partition coefficient (Wildman–Crippen LogP) is 3.45. The van der Waals surface area contributed by atoms with Gasteiger partial charge in [-0.2, -0.15) is 0 Å². The summed E-state index contributed by atoms with van der Waals surface area (Å²) in [7, 11) is 1.63. The van der Waals surface area contributed by atoms with E-state index in [2.05, 4.69) is 22.0 Å². The number of nitrogens with one attached hydrogen (secondary N) is 1. The highest BCUT2D eigenvalue weighted by molar-refractivity contribution is 6.07. The summed E-state index contributed by atoms with van der Waals surface area (Å²) in [5.41, 5.74) is 2.97. The van der Waals surface area contributed by atoms with Gasteiger partial charge in [-0.25, -0.2) is 0 Å². The molecule has 1 atom stereocenters. The van der Waals surface area contributed by atoms with Gasteiger partial charge in [-0.15, -0.1) is 0 Å². The second-order valence-corrected chi connectivity index (χ2v) is 6.00. The van der Waals surface area contributed by atoms with E-state index in [9.17, 15) is 4.79 Å². The van der Waals surface area contributed by atoms with E-state index in [1.54, 1.807) is 7.11 Å². The molecule has 0 fully saturated rings. The largest absolute Gasteiger partial charge is 0.383 e. The van der Waals surface area contributed by atoms with Crippen LogP contribution >= 0.6 is 0 Å². The normalized spacial score (nSPS) is 12.2. The number of para-hydroxylation sites is 1. The van der Waals surface area contributed by atoms with Crippen LogP contribution in [0.4, 0.5) is 0 Å². The molecule has 1 heterocycles. The van der Waals surface area contributed by atoms with Crippen molar-refractivity contribution in [2.75, 3.05) is 13.7 Å². The number of aromatic nitrogens is 1. The third-order valence-electron chi connectivity index (χ3n) is 4.02. The Balaban J connectivity index is 1.93. The number of nitrogens with zero attached hydrogens (tertiary/aromatic N) is 1. The van der Waals surface area contributed by atoms with E-state index in [1.165, 1.54) is 5.56 Å². The first-order chi connectivity index (χ1) is 11.7. The number of hydrogen-bond acceptors (Lipinski definition) is 2. The van der Waals surface area contributed by atoms with Gasteiger partial charge < -0.3 is 14.6 Å². The van der Waals surface area contributed by atoms with E-state index in [4.69, 9.17) is 4.74 Å². The summed E-state index contributed by atoms with van der Waals surface area (Å²) in [6.45, 7) is 3.17. The third-order valence-corrected chi connectivity index (χ3v) is 4.02. The summed E-state index contributed by atoms with van der Waals surface area (Å²) in [6, 6.07) is 18.2. The van der Waals surface area contributed by atoms with Crippen LogP contribution in [0.15, 0.2) is 60.8 Å². The smallest absolute Gasteiger partial charge is 0.253 e. The Hall–Kier alpha value is -2.59. The number of fused-ring (bicyclic) bond motifs is 1. The molecule has 0 aliphatic heterocycles. The van der Waals surface area contributed by atoms with Crippen LogP contribution in [-0.2, 0) is 11.3 Å². The van der Waals surface area contributed by atoms with Gasteiger partial charge in [0.05, 0.1) is 12.2 Å². The van der Waals surface area contributed by atoms with Gasteiger partial charge in [0.15, 0.2) is 0 Å². The number of ether oxygens (including phenoxy) is 1. The molecule has 4 heteroatoms. The SMILES string of the molecule is COCC(C)NC(=O)c1cn(Cc2ccccc2)c2ccccc12. The molecule has 24 heavy (non-hydrogen) atoms. The number of carbonyl (C=O) groups excluding carboxylic acids is 1. The van der Waals surface area contributed by atoms with E-state index in [-0.39, 0.29) is 11.9 Å². The van der Waals surface area contributed by atoms with Crippen LogP contribution in [0.25, 0.3) is 10.9 Å². The molecule has 1 amide bonds. The molecule has 1 unspecified atom stereocenters. The lowest BCUT2D eigenvalue weighted by Gasteiger charge is -2.12. The monoisotopic (exact) mass is 322 g/mol. The molecule has 0 radical (unpaired) electrons. The molecule has 4 nitrogen and oxygen atoms in total. The molecule has 3 rings (SSSR count). The van der Waals surface area contributed by atoms with Crippen molar-refractivity contribution in [1.29, 1.82) is 0 Å². The van der Waals surface area contributed by atoms with Crippen LogP contribution in [0.5, 0.6) is 0 Å². The van der Waals surface area contributed by atoms with Crippen molar-refractivity contribution >= 4 is 16.8 Å². The number of carbonyl (C=O) groups is 1. The molecule has 0 saturated carbocycles. The predicted molar refractivity (Wildman–Crippen MR) is 96.3 cm³/mol. The van der Waals surface area contributed by atoms with E-state index in [0.717, 1.165) is 17.4 Å². The van der Waals surface area contributed by atoms with Gasteiger partial charge in [-0.3, -0.25) is 4.79 Å². The van der Waals surface area contributed by atoms with Crippen molar-refractivity contribution in [3.05, 3.63) is 71.9 Å². The van der Waals surface area contributed by atoms with Crippen LogP contribution in [0.3, 0.4) is 0 Å². The van der Waals surface area contributed by atoms with Gasteiger partial charge in [0.2, 0.25) is 0 Å². The maximum atomic E-state index is 12.6. The standard InChI is InChI=1S/C20H22N2O2/c1-15(14-24-2)21-20(23)18-13-22(12-16-8-4-3-5-9-16)19-11-7-6-10-17(18)19/h3-11,13,15H,12,14H2,1-2H3,(H,21,23). The molecule has 0 aliphatic carbocycles. The first-order valence-electron chi connectivity index (χ1n) is 8.10. The minimum Gasteiger partial charge on any atom is -0.383 e. The van der Waals surface area contributed by atoms with Crippen molar-refractivity contribution in [3.63, 3.8) is 0 Å². The Morgan fingerprint density at radius 1 is 1.12 bits per heavy atom. The molecule has 2 aromatic carbocycles. The number of hydrogen-bond donors (Lipinski definition) is 1. The molecule has 0 spiro atoms. The summed E-state index contributed by atoms with van der Waals surface area (Å²) >= 11 is 0. The minimum atomic E-state index is -0.0671. The Morgan fingerprint density at radius 2 is 1.83 bits per heavy atom. The Bertz CT molecular complexity index is 824. The average molecular weight is 322 g/mol. The van der Waals surface area contributed by atoms with Crippen molar-refractivity contribution in [3.8, 4) is 0 Å². The Labute approximate surface area is 142 Å². The molecule has 1 N–H and O–H groups in total. The van der Waals surface area contributed by atoms with Crippen LogP contribution in [0.2, 0.25) is 0 Å². The topological polar surface area (TPSA) is 43.3 Å². The molecule has 1 aromatic heterocycles. The molecule has 124 valence electrons. The average Bonchev–Trinajstić information content (AvgIpc) is 2.95. The molecule has 0 saturated heterocycles. The van der Waals surface area contributed by atoms with E-state index in [1.807, 2.05) is 55.6 Å². The fourth-order valence-corrected chi connectivity index (χ4v) is 2.93. The maximum Gasteiger partial charge on any atom is 0.253 e. The zero-order chi connectivity index (χ0) is 16.9. The van der Waals surface area contributed by atoms with Crippen LogP contribution in [-0.4, -0.2) is 30.2 Å². The lowest BCUT2D eigenvalue weighted by Crippen LogP contribution is -2.35. The highest BCUT2D eigenvalue weighted by atomic mass is 16.5. The summed E-state index contributed by atoms with van der Waals surface area (Å²) in [5, 5.41) is 3.96. The van der Waals surface area contributed by atoms with Gasteiger partial charge in [0.25, 0.3) is 5.91 Å². The van der Waals surface area contributed by atoms with Crippen molar-refractivity contribution in [1.82, 2.24) is 9.88 Å². The molecular formula is C20H22N2O2. The van der Waals surface area contributed by atoms with Gasteiger partial charge in [0.1, 0.15) is 0 Å².